The van der Waals surface area contributed by atoms with E-state index in [1.54, 1.807) is 35.2 Å². The minimum Gasteiger partial charge on any atom is -0.376 e. The van der Waals surface area contributed by atoms with Crippen molar-refractivity contribution in [3.8, 4) is 0 Å². The van der Waals surface area contributed by atoms with Gasteiger partial charge in [0.05, 0.1) is 28.6 Å². The van der Waals surface area contributed by atoms with Gasteiger partial charge in [-0.05, 0) is 49.2 Å². The lowest BCUT2D eigenvalue weighted by Crippen LogP contribution is -2.37. The van der Waals surface area contributed by atoms with Crippen LogP contribution in [0.2, 0.25) is 5.02 Å². The number of imide groups is 1. The summed E-state index contributed by atoms with van der Waals surface area (Å²) in [6.07, 6.45) is 2.14. The summed E-state index contributed by atoms with van der Waals surface area (Å²) in [6, 6.07) is 12.1. The Morgan fingerprint density at radius 3 is 2.75 bits per heavy atom. The molecule has 9 heteroatoms. The van der Waals surface area contributed by atoms with E-state index in [9.17, 15) is 14.4 Å². The van der Waals surface area contributed by atoms with Crippen LogP contribution in [0.3, 0.4) is 0 Å². The number of rotatable bonds is 5. The summed E-state index contributed by atoms with van der Waals surface area (Å²) in [5.74, 6) is -0.760. The van der Waals surface area contributed by atoms with Gasteiger partial charge in [0, 0.05) is 30.0 Å². The number of halogens is 1. The molecule has 2 saturated heterocycles. The van der Waals surface area contributed by atoms with Crippen LogP contribution in [0.4, 0.5) is 10.8 Å². The molecule has 2 aliphatic rings. The molecule has 0 saturated carbocycles. The van der Waals surface area contributed by atoms with Gasteiger partial charge in [-0.3, -0.25) is 24.2 Å². The molecule has 2 fully saturated rings. The Morgan fingerprint density at radius 2 is 2.00 bits per heavy atom. The molecule has 32 heavy (non-hydrogen) atoms. The van der Waals surface area contributed by atoms with Crippen molar-refractivity contribution in [3.63, 3.8) is 0 Å². The molecular formula is C23H20ClN3O4S. The Hall–Kier alpha value is -2.81. The van der Waals surface area contributed by atoms with E-state index in [2.05, 4.69) is 4.98 Å². The van der Waals surface area contributed by atoms with Gasteiger partial charge in [-0.2, -0.15) is 0 Å². The lowest BCUT2D eigenvalue weighted by atomic mass is 10.1. The van der Waals surface area contributed by atoms with Crippen LogP contribution in [0.25, 0.3) is 10.2 Å². The third kappa shape index (κ3) is 4.01. The van der Waals surface area contributed by atoms with Gasteiger partial charge >= 0.3 is 0 Å². The maximum Gasteiger partial charge on any atom is 0.260 e. The largest absolute Gasteiger partial charge is 0.376 e. The fraction of sp³-hybridized carbons (Fsp3) is 0.304. The predicted molar refractivity (Wildman–Crippen MR) is 123 cm³/mol. The van der Waals surface area contributed by atoms with Crippen LogP contribution in [-0.2, 0) is 14.3 Å². The summed E-state index contributed by atoms with van der Waals surface area (Å²) in [5.41, 5.74) is 1.56. The van der Waals surface area contributed by atoms with Crippen LogP contribution in [0, 0.1) is 0 Å². The number of anilines is 2. The highest BCUT2D eigenvalue weighted by molar-refractivity contribution is 7.22. The number of benzene rings is 2. The van der Waals surface area contributed by atoms with E-state index in [1.807, 2.05) is 12.1 Å². The average Bonchev–Trinajstić information content (AvgIpc) is 3.52. The maximum absolute atomic E-state index is 13.6. The van der Waals surface area contributed by atoms with Gasteiger partial charge < -0.3 is 4.74 Å². The monoisotopic (exact) mass is 469 g/mol. The number of fused-ring (bicyclic) bond motifs is 1. The Balaban J connectivity index is 1.50. The van der Waals surface area contributed by atoms with Crippen molar-refractivity contribution >= 4 is 61.7 Å². The summed E-state index contributed by atoms with van der Waals surface area (Å²) in [4.78, 5) is 45.4. The van der Waals surface area contributed by atoms with Crippen molar-refractivity contribution < 1.29 is 19.1 Å². The first-order valence-electron chi connectivity index (χ1n) is 10.4. The van der Waals surface area contributed by atoms with Gasteiger partial charge in [-0.1, -0.05) is 29.0 Å². The smallest absolute Gasteiger partial charge is 0.260 e. The number of aromatic nitrogens is 1. The minimum absolute atomic E-state index is 0.0699. The van der Waals surface area contributed by atoms with E-state index in [0.717, 1.165) is 28.0 Å². The van der Waals surface area contributed by atoms with E-state index < -0.39 is 0 Å². The van der Waals surface area contributed by atoms with Crippen LogP contribution in [0.15, 0.2) is 42.5 Å². The second kappa shape index (κ2) is 8.61. The van der Waals surface area contributed by atoms with Crippen molar-refractivity contribution in [1.82, 2.24) is 4.98 Å². The maximum atomic E-state index is 13.6. The molecule has 0 bridgehead atoms. The lowest BCUT2D eigenvalue weighted by molar-refractivity contribution is -0.121. The molecule has 3 amide bonds. The van der Waals surface area contributed by atoms with Crippen LogP contribution in [0.1, 0.15) is 36.0 Å². The first-order chi connectivity index (χ1) is 15.5. The zero-order valence-corrected chi connectivity index (χ0v) is 18.7. The summed E-state index contributed by atoms with van der Waals surface area (Å²) in [5, 5.41) is 1.17. The highest BCUT2D eigenvalue weighted by Gasteiger charge is 2.32. The quantitative estimate of drug-likeness (QED) is 0.516. The molecule has 2 aliphatic heterocycles. The number of thiazole rings is 1. The Labute approximate surface area is 193 Å². The van der Waals surface area contributed by atoms with Gasteiger partial charge in [-0.15, -0.1) is 0 Å². The van der Waals surface area contributed by atoms with Crippen molar-refractivity contribution in [2.75, 3.05) is 23.0 Å². The van der Waals surface area contributed by atoms with Crippen molar-refractivity contribution in [2.45, 2.75) is 31.8 Å². The van der Waals surface area contributed by atoms with Gasteiger partial charge in [0.2, 0.25) is 11.8 Å². The number of hydrogen-bond acceptors (Lipinski definition) is 6. The van der Waals surface area contributed by atoms with E-state index in [4.69, 9.17) is 16.3 Å². The third-order valence-corrected chi connectivity index (χ3v) is 6.90. The molecule has 0 N–H and O–H groups in total. The zero-order chi connectivity index (χ0) is 22.2. The third-order valence-electron chi connectivity index (χ3n) is 5.63. The molecule has 0 spiro atoms. The summed E-state index contributed by atoms with van der Waals surface area (Å²) in [7, 11) is 0. The normalized spacial score (nSPS) is 18.7. The number of carbonyl (C=O) groups excluding carboxylic acids is 3. The molecule has 1 unspecified atom stereocenters. The molecule has 3 heterocycles. The second-order valence-electron chi connectivity index (χ2n) is 7.83. The summed E-state index contributed by atoms with van der Waals surface area (Å²) >= 11 is 7.52. The molecule has 164 valence electrons. The number of carbonyl (C=O) groups is 3. The van der Waals surface area contributed by atoms with Gasteiger partial charge in [0.1, 0.15) is 0 Å². The van der Waals surface area contributed by atoms with E-state index in [0.29, 0.717) is 34.6 Å². The van der Waals surface area contributed by atoms with Gasteiger partial charge in [0.25, 0.3) is 5.91 Å². The molecule has 0 aliphatic carbocycles. The van der Waals surface area contributed by atoms with Crippen LogP contribution in [0.5, 0.6) is 0 Å². The number of hydrogen-bond donors (Lipinski definition) is 0. The average molecular weight is 470 g/mol. The second-order valence-corrected chi connectivity index (χ2v) is 9.28. The fourth-order valence-corrected chi connectivity index (χ4v) is 5.29. The van der Waals surface area contributed by atoms with Gasteiger partial charge in [0.15, 0.2) is 5.13 Å². The molecule has 0 radical (unpaired) electrons. The number of amides is 3. The predicted octanol–water partition coefficient (Wildman–Crippen LogP) is 4.43. The molecular weight excluding hydrogens is 450 g/mol. The highest BCUT2D eigenvalue weighted by atomic mass is 35.5. The summed E-state index contributed by atoms with van der Waals surface area (Å²) in [6.45, 7) is 1.05. The number of ether oxygens (including phenoxy) is 1. The van der Waals surface area contributed by atoms with Crippen molar-refractivity contribution in [3.05, 3.63) is 53.1 Å². The number of nitrogens with zero attached hydrogens (tertiary/aromatic N) is 3. The van der Waals surface area contributed by atoms with E-state index >= 15 is 0 Å². The topological polar surface area (TPSA) is 79.8 Å². The Kier molecular flexibility index (Phi) is 5.67. The summed E-state index contributed by atoms with van der Waals surface area (Å²) < 4.78 is 6.67. The van der Waals surface area contributed by atoms with E-state index in [-0.39, 0.29) is 36.7 Å². The van der Waals surface area contributed by atoms with Crippen LogP contribution < -0.4 is 9.80 Å². The minimum atomic E-state index is -0.258. The molecule has 1 atom stereocenters. The molecule has 2 aromatic carbocycles. The highest BCUT2D eigenvalue weighted by Crippen LogP contribution is 2.33. The zero-order valence-electron chi connectivity index (χ0n) is 17.1. The molecule has 3 aromatic rings. The molecule has 5 rings (SSSR count). The molecule has 7 nitrogen and oxygen atoms in total. The molecule has 1 aromatic heterocycles. The Bertz CT molecular complexity index is 1200. The van der Waals surface area contributed by atoms with Crippen molar-refractivity contribution in [1.29, 1.82) is 0 Å². The standard InChI is InChI=1S/C23H20ClN3O4S/c24-15-6-7-18-19(12-15)32-23(25-18)26(13-17-5-2-10-31-17)22(30)14-3-1-4-16(11-14)27-20(28)8-9-21(27)29/h1,3-4,6-7,11-12,17H,2,5,8-10,13H2. The fourth-order valence-electron chi connectivity index (χ4n) is 4.04. The van der Waals surface area contributed by atoms with E-state index in [1.165, 1.54) is 11.3 Å². The van der Waals surface area contributed by atoms with Crippen LogP contribution in [-0.4, -0.2) is 42.0 Å². The van der Waals surface area contributed by atoms with Gasteiger partial charge in [-0.25, -0.2) is 4.98 Å². The van der Waals surface area contributed by atoms with Crippen molar-refractivity contribution in [2.24, 2.45) is 0 Å². The SMILES string of the molecule is O=C(c1cccc(N2C(=O)CCC2=O)c1)N(CC1CCCO1)c1nc2ccc(Cl)cc2s1. The van der Waals surface area contributed by atoms with Crippen LogP contribution >= 0.6 is 22.9 Å². The first kappa shape index (κ1) is 21.1. The lowest BCUT2D eigenvalue weighted by Gasteiger charge is -2.23. The Morgan fingerprint density at radius 1 is 1.19 bits per heavy atom. The first-order valence-corrected chi connectivity index (χ1v) is 11.6.